The largest absolute Gasteiger partial charge is 0.481 e. The van der Waals surface area contributed by atoms with E-state index < -0.39 is 11.4 Å². The number of aliphatic carboxylic acids is 1. The third-order valence-corrected chi connectivity index (χ3v) is 5.91. The fourth-order valence-corrected chi connectivity index (χ4v) is 3.94. The highest BCUT2D eigenvalue weighted by Gasteiger charge is 2.52. The maximum absolute atomic E-state index is 12.3. The zero-order chi connectivity index (χ0) is 22.0. The highest BCUT2D eigenvalue weighted by atomic mass is 16.5. The summed E-state index contributed by atoms with van der Waals surface area (Å²) in [6, 6.07) is 16.0. The minimum Gasteiger partial charge on any atom is -0.481 e. The van der Waals surface area contributed by atoms with Crippen LogP contribution in [0, 0.1) is 6.92 Å². The van der Waals surface area contributed by atoms with Crippen LogP contribution in [0.1, 0.15) is 43.0 Å². The number of aryl methyl sites for hydroxylation is 1. The molecule has 0 radical (unpaired) electrons. The number of carboxylic acids is 1. The lowest BCUT2D eigenvalue weighted by molar-refractivity contribution is -0.146. The Hall–Kier alpha value is -3.41. The number of carbonyl (C=O) groups excluding carboxylic acids is 1. The zero-order valence-electron chi connectivity index (χ0n) is 17.7. The van der Waals surface area contributed by atoms with Crippen molar-refractivity contribution in [2.45, 2.75) is 44.9 Å². The van der Waals surface area contributed by atoms with Crippen LogP contribution >= 0.6 is 0 Å². The first-order chi connectivity index (χ1) is 14.9. The van der Waals surface area contributed by atoms with E-state index in [1.165, 1.54) is 0 Å². The molecule has 31 heavy (non-hydrogen) atoms. The number of benzene rings is 2. The Morgan fingerprint density at radius 3 is 2.16 bits per heavy atom. The van der Waals surface area contributed by atoms with Gasteiger partial charge < -0.3 is 14.4 Å². The molecule has 1 aliphatic rings. The van der Waals surface area contributed by atoms with E-state index in [0.717, 1.165) is 40.7 Å². The van der Waals surface area contributed by atoms with Crippen LogP contribution in [0.4, 0.5) is 0 Å². The summed E-state index contributed by atoms with van der Waals surface area (Å²) in [5, 5.41) is 13.0. The molecule has 0 saturated heterocycles. The maximum atomic E-state index is 12.3. The Balaban J connectivity index is 1.53. The lowest BCUT2D eigenvalue weighted by atomic mass is 9.93. The number of ether oxygens (including phenoxy) is 1. The fraction of sp³-hybridized carbons (Fsp3) is 0.320. The molecule has 3 aromatic rings. The average molecular weight is 419 g/mol. The van der Waals surface area contributed by atoms with E-state index in [0.29, 0.717) is 24.5 Å². The fourth-order valence-electron chi connectivity index (χ4n) is 3.94. The normalized spacial score (nSPS) is 14.3. The van der Waals surface area contributed by atoms with Crippen molar-refractivity contribution in [2.24, 2.45) is 0 Å². The van der Waals surface area contributed by atoms with Crippen molar-refractivity contribution in [3.05, 3.63) is 65.4 Å². The number of nitrogens with zero attached hydrogens (tertiary/aromatic N) is 1. The van der Waals surface area contributed by atoms with Gasteiger partial charge in [-0.3, -0.25) is 9.59 Å². The smallest absolute Gasteiger partial charge is 0.316 e. The van der Waals surface area contributed by atoms with E-state index >= 15 is 0 Å². The number of esters is 1. The van der Waals surface area contributed by atoms with Crippen molar-refractivity contribution in [2.75, 3.05) is 6.61 Å². The second kappa shape index (κ2) is 8.38. The minimum absolute atomic E-state index is 0.0345. The summed E-state index contributed by atoms with van der Waals surface area (Å²) in [7, 11) is 0. The van der Waals surface area contributed by atoms with Crippen LogP contribution in [-0.4, -0.2) is 28.8 Å². The van der Waals surface area contributed by atoms with E-state index in [9.17, 15) is 9.59 Å². The molecule has 0 bridgehead atoms. The van der Waals surface area contributed by atoms with Crippen LogP contribution in [0.3, 0.4) is 0 Å². The van der Waals surface area contributed by atoms with Crippen LogP contribution in [0.2, 0.25) is 0 Å². The molecule has 0 aliphatic heterocycles. The van der Waals surface area contributed by atoms with Gasteiger partial charge in [0.15, 0.2) is 5.76 Å². The van der Waals surface area contributed by atoms with Gasteiger partial charge in [0.05, 0.1) is 17.7 Å². The van der Waals surface area contributed by atoms with Gasteiger partial charge in [0.1, 0.15) is 0 Å². The summed E-state index contributed by atoms with van der Waals surface area (Å²) < 4.78 is 10.7. The molecule has 4 rings (SSSR count). The summed E-state index contributed by atoms with van der Waals surface area (Å²) in [4.78, 5) is 23.2. The molecule has 0 spiro atoms. The van der Waals surface area contributed by atoms with Crippen LogP contribution in [-0.2, 0) is 26.2 Å². The van der Waals surface area contributed by atoms with Crippen molar-refractivity contribution in [3.63, 3.8) is 0 Å². The molecular weight excluding hydrogens is 394 g/mol. The van der Waals surface area contributed by atoms with Crippen LogP contribution in [0.25, 0.3) is 22.5 Å². The van der Waals surface area contributed by atoms with Crippen molar-refractivity contribution >= 4 is 11.9 Å². The molecular formula is C25H25NO5. The van der Waals surface area contributed by atoms with E-state index in [1.54, 1.807) is 0 Å². The highest BCUT2D eigenvalue weighted by Crippen LogP contribution is 2.49. The molecule has 1 saturated carbocycles. The van der Waals surface area contributed by atoms with Gasteiger partial charge in [0.2, 0.25) is 0 Å². The number of carbonyl (C=O) groups is 2. The summed E-state index contributed by atoms with van der Waals surface area (Å²) >= 11 is 0. The van der Waals surface area contributed by atoms with Gasteiger partial charge >= 0.3 is 11.9 Å². The highest BCUT2D eigenvalue weighted by molar-refractivity contribution is 5.87. The molecule has 1 aliphatic carbocycles. The Labute approximate surface area is 180 Å². The summed E-state index contributed by atoms with van der Waals surface area (Å²) in [6.07, 6.45) is 2.08. The molecule has 6 nitrogen and oxygen atoms in total. The summed E-state index contributed by atoms with van der Waals surface area (Å²) in [5.41, 5.74) is 5.04. The van der Waals surface area contributed by atoms with Gasteiger partial charge in [0, 0.05) is 17.5 Å². The minimum atomic E-state index is -0.846. The van der Waals surface area contributed by atoms with Gasteiger partial charge in [-0.15, -0.1) is 0 Å². The lowest BCUT2D eigenvalue weighted by Gasteiger charge is -2.14. The molecule has 0 amide bonds. The number of aromatic nitrogens is 1. The van der Waals surface area contributed by atoms with E-state index in [4.69, 9.17) is 14.4 Å². The van der Waals surface area contributed by atoms with Gasteiger partial charge in [-0.05, 0) is 49.8 Å². The predicted octanol–water partition coefficient (Wildman–Crippen LogP) is 4.93. The van der Waals surface area contributed by atoms with E-state index in [2.05, 4.69) is 5.16 Å². The molecule has 0 unspecified atom stereocenters. The Morgan fingerprint density at radius 1 is 1.03 bits per heavy atom. The van der Waals surface area contributed by atoms with Gasteiger partial charge in [-0.25, -0.2) is 0 Å². The topological polar surface area (TPSA) is 89.6 Å². The molecule has 6 heteroatoms. The Morgan fingerprint density at radius 2 is 1.61 bits per heavy atom. The molecule has 0 atom stereocenters. The monoisotopic (exact) mass is 419 g/mol. The number of hydrogen-bond acceptors (Lipinski definition) is 5. The first-order valence-corrected chi connectivity index (χ1v) is 10.5. The molecule has 1 heterocycles. The third-order valence-electron chi connectivity index (χ3n) is 5.91. The van der Waals surface area contributed by atoms with Gasteiger partial charge in [-0.1, -0.05) is 53.7 Å². The standard InChI is InChI=1S/C25H25NO5/c1-3-30-24(29)25(14-15-25)20-10-8-18(9-11-20)17-4-6-19(7-5-17)23-21(12-13-22(27)28)16(2)26-31-23/h4-11H,3,12-15H2,1-2H3,(H,27,28). The van der Waals surface area contributed by atoms with E-state index in [-0.39, 0.29) is 12.4 Å². The van der Waals surface area contributed by atoms with Crippen molar-refractivity contribution in [3.8, 4) is 22.5 Å². The number of carboxylic acid groups (broad SMARTS) is 1. The summed E-state index contributed by atoms with van der Waals surface area (Å²) in [6.45, 7) is 4.05. The molecule has 1 aromatic heterocycles. The number of rotatable bonds is 8. The third kappa shape index (κ3) is 4.10. The Kier molecular flexibility index (Phi) is 5.63. The van der Waals surface area contributed by atoms with Crippen LogP contribution in [0.15, 0.2) is 53.1 Å². The SMILES string of the molecule is CCOC(=O)C1(c2ccc(-c3ccc(-c4onc(C)c4CCC(=O)O)cc3)cc2)CC1. The number of hydrogen-bond donors (Lipinski definition) is 1. The van der Waals surface area contributed by atoms with Gasteiger partial charge in [0.25, 0.3) is 0 Å². The van der Waals surface area contributed by atoms with E-state index in [1.807, 2.05) is 62.4 Å². The van der Waals surface area contributed by atoms with Crippen LogP contribution in [0.5, 0.6) is 0 Å². The lowest BCUT2D eigenvalue weighted by Crippen LogP contribution is -2.23. The Bertz CT molecular complexity index is 1090. The quantitative estimate of drug-likeness (QED) is 0.521. The zero-order valence-corrected chi connectivity index (χ0v) is 17.7. The average Bonchev–Trinajstić information content (AvgIpc) is 3.51. The first-order valence-electron chi connectivity index (χ1n) is 10.5. The molecule has 1 fully saturated rings. The van der Waals surface area contributed by atoms with Crippen molar-refractivity contribution in [1.29, 1.82) is 0 Å². The predicted molar refractivity (Wildman–Crippen MR) is 116 cm³/mol. The molecule has 1 N–H and O–H groups in total. The van der Waals surface area contributed by atoms with Gasteiger partial charge in [-0.2, -0.15) is 0 Å². The summed E-state index contributed by atoms with van der Waals surface area (Å²) in [5.74, 6) is -0.361. The molecule has 160 valence electrons. The van der Waals surface area contributed by atoms with Crippen molar-refractivity contribution in [1.82, 2.24) is 5.16 Å². The molecule has 2 aromatic carbocycles. The maximum Gasteiger partial charge on any atom is 0.316 e. The second-order valence-corrected chi connectivity index (χ2v) is 7.93. The first kappa shape index (κ1) is 20.8. The second-order valence-electron chi connectivity index (χ2n) is 7.93. The van der Waals surface area contributed by atoms with Crippen molar-refractivity contribution < 1.29 is 24.0 Å². The van der Waals surface area contributed by atoms with Crippen LogP contribution < -0.4 is 0 Å².